The summed E-state index contributed by atoms with van der Waals surface area (Å²) in [5, 5.41) is 10.4. The Morgan fingerprint density at radius 3 is 2.14 bits per heavy atom. The van der Waals surface area contributed by atoms with Crippen molar-refractivity contribution in [3.05, 3.63) is 0 Å². The zero-order valence-corrected chi connectivity index (χ0v) is 20.0. The molecule has 0 amide bonds. The van der Waals surface area contributed by atoms with Gasteiger partial charge in [-0.25, -0.2) is 0 Å². The third-order valence-electron chi connectivity index (χ3n) is 5.86. The number of aliphatic hydroxyl groups excluding tert-OH is 1. The summed E-state index contributed by atoms with van der Waals surface area (Å²) in [7, 11) is 1.64. The van der Waals surface area contributed by atoms with Crippen LogP contribution in [0.1, 0.15) is 90.9 Å². The van der Waals surface area contributed by atoms with E-state index < -0.39 is 9.28 Å². The summed E-state index contributed by atoms with van der Waals surface area (Å²) in [6, 6.07) is 0. The minimum Gasteiger partial charge on any atom is -0.398 e. The van der Waals surface area contributed by atoms with Crippen LogP contribution in [0.25, 0.3) is 0 Å². The van der Waals surface area contributed by atoms with Crippen molar-refractivity contribution >= 4 is 9.28 Å². The van der Waals surface area contributed by atoms with Crippen LogP contribution in [0.3, 0.4) is 0 Å². The van der Waals surface area contributed by atoms with Gasteiger partial charge in [0.15, 0.2) is 0 Å². The van der Waals surface area contributed by atoms with Gasteiger partial charge in [0.2, 0.25) is 0 Å². The molecule has 1 fully saturated rings. The quantitative estimate of drug-likeness (QED) is 0.278. The molecule has 0 aromatic carbocycles. The SMILES string of the molecule is CCCCCCOC1CC(CC(OCCCCCC)[SiH](OC)OC)CCC1O. The highest BCUT2D eigenvalue weighted by molar-refractivity contribution is 6.45. The average Bonchev–Trinajstić information content (AvgIpc) is 2.70. The number of aliphatic hydroxyl groups is 1. The molecule has 0 saturated heterocycles. The second-order valence-electron chi connectivity index (χ2n) is 8.26. The van der Waals surface area contributed by atoms with Crippen molar-refractivity contribution in [2.24, 2.45) is 5.92 Å². The van der Waals surface area contributed by atoms with Crippen LogP contribution in [0.5, 0.6) is 0 Å². The number of rotatable bonds is 17. The van der Waals surface area contributed by atoms with Crippen LogP contribution in [-0.2, 0) is 18.3 Å². The van der Waals surface area contributed by atoms with Gasteiger partial charge in [-0.1, -0.05) is 52.4 Å². The molecule has 1 aliphatic rings. The van der Waals surface area contributed by atoms with Crippen molar-refractivity contribution in [1.82, 2.24) is 0 Å². The van der Waals surface area contributed by atoms with E-state index in [-0.39, 0.29) is 17.9 Å². The molecule has 5 nitrogen and oxygen atoms in total. The number of hydrogen-bond donors (Lipinski definition) is 1. The Morgan fingerprint density at radius 1 is 0.893 bits per heavy atom. The van der Waals surface area contributed by atoms with Gasteiger partial charge in [0.05, 0.1) is 17.9 Å². The van der Waals surface area contributed by atoms with Gasteiger partial charge in [-0.15, -0.1) is 0 Å². The summed E-state index contributed by atoms with van der Waals surface area (Å²) < 4.78 is 23.6. The van der Waals surface area contributed by atoms with Gasteiger partial charge in [0, 0.05) is 27.4 Å². The summed E-state index contributed by atoms with van der Waals surface area (Å²) in [5.41, 5.74) is 0.0714. The molecule has 4 unspecified atom stereocenters. The Morgan fingerprint density at radius 2 is 1.54 bits per heavy atom. The molecule has 1 N–H and O–H groups in total. The van der Waals surface area contributed by atoms with E-state index in [1.807, 2.05) is 0 Å². The highest BCUT2D eigenvalue weighted by atomic mass is 28.3. The lowest BCUT2D eigenvalue weighted by Gasteiger charge is -2.35. The highest BCUT2D eigenvalue weighted by Crippen LogP contribution is 2.31. The molecule has 0 spiro atoms. The number of unbranched alkanes of at least 4 members (excludes halogenated alkanes) is 6. The zero-order chi connectivity index (χ0) is 20.6. The van der Waals surface area contributed by atoms with Crippen LogP contribution in [0.15, 0.2) is 0 Å². The summed E-state index contributed by atoms with van der Waals surface area (Å²) >= 11 is 0. The third-order valence-corrected chi connectivity index (χ3v) is 7.86. The molecule has 1 aliphatic carbocycles. The molecule has 28 heavy (non-hydrogen) atoms. The highest BCUT2D eigenvalue weighted by Gasteiger charge is 2.34. The fourth-order valence-electron chi connectivity index (χ4n) is 4.10. The van der Waals surface area contributed by atoms with E-state index in [9.17, 15) is 5.11 Å². The first-order valence-electron chi connectivity index (χ1n) is 11.6. The fraction of sp³-hybridized carbons (Fsp3) is 1.00. The topological polar surface area (TPSA) is 57.2 Å². The third kappa shape index (κ3) is 10.7. The molecular formula is C22H46O5Si. The van der Waals surface area contributed by atoms with E-state index in [2.05, 4.69) is 13.8 Å². The van der Waals surface area contributed by atoms with Gasteiger partial charge in [0.1, 0.15) is 0 Å². The normalized spacial score (nSPS) is 24.0. The van der Waals surface area contributed by atoms with Gasteiger partial charge >= 0.3 is 9.28 Å². The molecule has 4 atom stereocenters. The Kier molecular flexibility index (Phi) is 15.6. The molecule has 0 heterocycles. The van der Waals surface area contributed by atoms with Crippen molar-refractivity contribution in [2.75, 3.05) is 27.4 Å². The zero-order valence-electron chi connectivity index (χ0n) is 18.9. The molecule has 0 aromatic rings. The van der Waals surface area contributed by atoms with Crippen LogP contribution in [0, 0.1) is 5.92 Å². The molecule has 0 aliphatic heterocycles. The van der Waals surface area contributed by atoms with Crippen LogP contribution in [0.4, 0.5) is 0 Å². The van der Waals surface area contributed by atoms with Crippen molar-refractivity contribution in [3.63, 3.8) is 0 Å². The summed E-state index contributed by atoms with van der Waals surface area (Å²) in [5.74, 6) is 0.505. The van der Waals surface area contributed by atoms with Gasteiger partial charge < -0.3 is 23.4 Å². The minimum atomic E-state index is -1.83. The fourth-order valence-corrected chi connectivity index (χ4v) is 5.80. The largest absolute Gasteiger partial charge is 0.398 e. The summed E-state index contributed by atoms with van der Waals surface area (Å²) in [6.45, 7) is 5.99. The Balaban J connectivity index is 2.46. The molecule has 1 saturated carbocycles. The lowest BCUT2D eigenvalue weighted by atomic mass is 9.83. The molecule has 0 bridgehead atoms. The average molecular weight is 419 g/mol. The van der Waals surface area contributed by atoms with E-state index in [0.717, 1.165) is 51.7 Å². The molecule has 0 radical (unpaired) electrons. The maximum atomic E-state index is 10.4. The smallest absolute Gasteiger partial charge is 0.350 e. The molecule has 168 valence electrons. The summed E-state index contributed by atoms with van der Waals surface area (Å²) in [4.78, 5) is 0. The predicted molar refractivity (Wildman–Crippen MR) is 117 cm³/mol. The molecular weight excluding hydrogens is 372 g/mol. The first-order valence-corrected chi connectivity index (χ1v) is 13.2. The van der Waals surface area contributed by atoms with E-state index in [4.69, 9.17) is 18.3 Å². The maximum Gasteiger partial charge on any atom is 0.350 e. The summed E-state index contributed by atoms with van der Waals surface area (Å²) in [6.07, 6.45) is 13.0. The van der Waals surface area contributed by atoms with Crippen LogP contribution in [0.2, 0.25) is 0 Å². The molecule has 1 rings (SSSR count). The van der Waals surface area contributed by atoms with Crippen molar-refractivity contribution < 1.29 is 23.4 Å². The Bertz CT molecular complexity index is 354. The van der Waals surface area contributed by atoms with E-state index in [0.29, 0.717) is 5.92 Å². The second kappa shape index (κ2) is 16.8. The van der Waals surface area contributed by atoms with Crippen LogP contribution in [-0.4, -0.2) is 59.8 Å². The predicted octanol–water partition coefficient (Wildman–Crippen LogP) is 4.52. The van der Waals surface area contributed by atoms with Crippen molar-refractivity contribution in [3.8, 4) is 0 Å². The monoisotopic (exact) mass is 418 g/mol. The molecule has 6 heteroatoms. The van der Waals surface area contributed by atoms with Crippen molar-refractivity contribution in [2.45, 2.75) is 109 Å². The number of ether oxygens (including phenoxy) is 2. The number of hydrogen-bond acceptors (Lipinski definition) is 5. The standard InChI is InChI=1S/C22H46O5Si/c1-5-7-9-11-15-26-21-17-19(13-14-20(21)23)18-22(28(24-3)25-4)27-16-12-10-8-6-2/h19-23,28H,5-18H2,1-4H3. The van der Waals surface area contributed by atoms with E-state index >= 15 is 0 Å². The van der Waals surface area contributed by atoms with Crippen LogP contribution < -0.4 is 0 Å². The Labute approximate surface area is 175 Å². The lowest BCUT2D eigenvalue weighted by Crippen LogP contribution is -2.42. The lowest BCUT2D eigenvalue weighted by molar-refractivity contribution is -0.0771. The van der Waals surface area contributed by atoms with Crippen LogP contribution >= 0.6 is 0 Å². The van der Waals surface area contributed by atoms with Gasteiger partial charge in [-0.05, 0) is 44.4 Å². The maximum absolute atomic E-state index is 10.4. The van der Waals surface area contributed by atoms with Gasteiger partial charge in [0.25, 0.3) is 0 Å². The second-order valence-corrected chi connectivity index (χ2v) is 10.7. The Hall–Kier alpha value is 0.0169. The van der Waals surface area contributed by atoms with Gasteiger partial charge in [-0.2, -0.15) is 0 Å². The first-order chi connectivity index (χ1) is 13.7. The van der Waals surface area contributed by atoms with E-state index in [1.165, 1.54) is 38.5 Å². The minimum absolute atomic E-state index is 0.0317. The van der Waals surface area contributed by atoms with Crippen molar-refractivity contribution in [1.29, 1.82) is 0 Å². The van der Waals surface area contributed by atoms with Gasteiger partial charge in [-0.3, -0.25) is 0 Å². The molecule has 0 aromatic heterocycles. The first kappa shape index (κ1) is 26.1. The van der Waals surface area contributed by atoms with E-state index in [1.54, 1.807) is 14.2 Å².